The summed E-state index contributed by atoms with van der Waals surface area (Å²) in [6.45, 7) is 12.9. The number of rotatable bonds is 6. The SMILES string of the molecule is C=C(CC[C@H]1[C@@H](C)CCCC1(C)C)C(O)Cc1c(O)cc(C)cc1O. The molecule has 1 aromatic carbocycles. The van der Waals surface area contributed by atoms with Crippen molar-refractivity contribution in [1.82, 2.24) is 0 Å². The third kappa shape index (κ3) is 4.78. The number of benzene rings is 1. The van der Waals surface area contributed by atoms with Gasteiger partial charge in [0, 0.05) is 12.0 Å². The van der Waals surface area contributed by atoms with Gasteiger partial charge in [-0.15, -0.1) is 0 Å². The molecule has 0 radical (unpaired) electrons. The van der Waals surface area contributed by atoms with Crippen molar-refractivity contribution in [2.45, 2.75) is 72.3 Å². The monoisotopic (exact) mass is 346 g/mol. The summed E-state index contributed by atoms with van der Waals surface area (Å²) in [5.41, 5.74) is 2.32. The van der Waals surface area contributed by atoms with Crippen LogP contribution in [0.3, 0.4) is 0 Å². The van der Waals surface area contributed by atoms with Crippen molar-refractivity contribution in [2.24, 2.45) is 17.3 Å². The first kappa shape index (κ1) is 19.8. The van der Waals surface area contributed by atoms with Crippen LogP contribution in [0.2, 0.25) is 0 Å². The fourth-order valence-electron chi connectivity index (χ4n) is 4.54. The molecule has 0 heterocycles. The highest BCUT2D eigenvalue weighted by atomic mass is 16.3. The number of phenolic OH excluding ortho intramolecular Hbond substituents is 2. The standard InChI is InChI=1S/C22H34O3/c1-14-11-20(24)17(21(25)12-14)13-19(23)16(3)8-9-18-15(2)7-6-10-22(18,4)5/h11-12,15,18-19,23-25H,3,6-10,13H2,1-2,4-5H3/t15-,18-,19?/m0/s1. The van der Waals surface area contributed by atoms with Crippen molar-refractivity contribution in [1.29, 1.82) is 0 Å². The molecule has 1 unspecified atom stereocenters. The third-order valence-electron chi connectivity index (χ3n) is 6.16. The first-order valence-corrected chi connectivity index (χ1v) is 9.49. The lowest BCUT2D eigenvalue weighted by atomic mass is 9.62. The molecule has 0 saturated heterocycles. The molecular formula is C22H34O3. The van der Waals surface area contributed by atoms with E-state index in [-0.39, 0.29) is 17.9 Å². The van der Waals surface area contributed by atoms with Crippen LogP contribution in [0.1, 0.15) is 64.0 Å². The molecule has 1 aromatic rings. The fourth-order valence-corrected chi connectivity index (χ4v) is 4.54. The van der Waals surface area contributed by atoms with E-state index in [9.17, 15) is 15.3 Å². The molecule has 3 atom stereocenters. The van der Waals surface area contributed by atoms with E-state index in [1.165, 1.54) is 19.3 Å². The van der Waals surface area contributed by atoms with Crippen molar-refractivity contribution in [3.8, 4) is 11.5 Å². The summed E-state index contributed by atoms with van der Waals surface area (Å²) in [5, 5.41) is 30.6. The molecular weight excluding hydrogens is 312 g/mol. The van der Waals surface area contributed by atoms with Gasteiger partial charge in [0.2, 0.25) is 0 Å². The molecule has 0 bridgehead atoms. The van der Waals surface area contributed by atoms with Gasteiger partial charge in [0.1, 0.15) is 11.5 Å². The van der Waals surface area contributed by atoms with Gasteiger partial charge in [-0.1, -0.05) is 40.2 Å². The Morgan fingerprint density at radius 2 is 1.88 bits per heavy atom. The van der Waals surface area contributed by atoms with Crippen LogP contribution in [0.15, 0.2) is 24.3 Å². The second-order valence-electron chi connectivity index (χ2n) is 8.66. The van der Waals surface area contributed by atoms with Gasteiger partial charge in [0.15, 0.2) is 0 Å². The van der Waals surface area contributed by atoms with Gasteiger partial charge in [0.05, 0.1) is 6.10 Å². The molecule has 25 heavy (non-hydrogen) atoms. The van der Waals surface area contributed by atoms with Gasteiger partial charge in [-0.3, -0.25) is 0 Å². The van der Waals surface area contributed by atoms with E-state index in [4.69, 9.17) is 0 Å². The number of aliphatic hydroxyl groups excluding tert-OH is 1. The number of aromatic hydroxyl groups is 2. The summed E-state index contributed by atoms with van der Waals surface area (Å²) >= 11 is 0. The molecule has 1 fully saturated rings. The molecule has 1 aliphatic rings. The van der Waals surface area contributed by atoms with Gasteiger partial charge >= 0.3 is 0 Å². The summed E-state index contributed by atoms with van der Waals surface area (Å²) in [7, 11) is 0. The van der Waals surface area contributed by atoms with Gasteiger partial charge in [-0.05, 0) is 66.7 Å². The van der Waals surface area contributed by atoms with Crippen molar-refractivity contribution in [3.05, 3.63) is 35.4 Å². The summed E-state index contributed by atoms with van der Waals surface area (Å²) in [6, 6.07) is 3.22. The van der Waals surface area contributed by atoms with Crippen molar-refractivity contribution >= 4 is 0 Å². The van der Waals surface area contributed by atoms with Crippen LogP contribution in [0.5, 0.6) is 11.5 Å². The summed E-state index contributed by atoms with van der Waals surface area (Å²) in [6.07, 6.45) is 5.13. The van der Waals surface area contributed by atoms with Crippen molar-refractivity contribution in [3.63, 3.8) is 0 Å². The minimum atomic E-state index is -0.749. The van der Waals surface area contributed by atoms with Crippen LogP contribution in [0.25, 0.3) is 0 Å². The van der Waals surface area contributed by atoms with Crippen molar-refractivity contribution in [2.75, 3.05) is 0 Å². The minimum Gasteiger partial charge on any atom is -0.508 e. The third-order valence-corrected chi connectivity index (χ3v) is 6.16. The molecule has 1 saturated carbocycles. The molecule has 3 heteroatoms. The number of phenols is 2. The Balaban J connectivity index is 1.97. The quantitative estimate of drug-likeness (QED) is 0.627. The lowest BCUT2D eigenvalue weighted by Gasteiger charge is -2.43. The van der Waals surface area contributed by atoms with Crippen LogP contribution < -0.4 is 0 Å². The summed E-state index contributed by atoms with van der Waals surface area (Å²) < 4.78 is 0. The highest BCUT2D eigenvalue weighted by Gasteiger charge is 2.36. The van der Waals surface area contributed by atoms with E-state index >= 15 is 0 Å². The molecule has 140 valence electrons. The maximum atomic E-state index is 10.5. The largest absolute Gasteiger partial charge is 0.508 e. The van der Waals surface area contributed by atoms with Crippen LogP contribution in [-0.2, 0) is 6.42 Å². The first-order chi connectivity index (χ1) is 11.6. The maximum absolute atomic E-state index is 10.5. The number of aliphatic hydroxyl groups is 1. The van der Waals surface area contributed by atoms with E-state index in [0.29, 0.717) is 22.8 Å². The van der Waals surface area contributed by atoms with Crippen LogP contribution >= 0.6 is 0 Å². The predicted molar refractivity (Wildman–Crippen MR) is 103 cm³/mol. The number of aryl methyl sites for hydroxylation is 1. The lowest BCUT2D eigenvalue weighted by molar-refractivity contribution is 0.0748. The second kappa shape index (κ2) is 7.82. The molecule has 0 aliphatic heterocycles. The zero-order valence-corrected chi connectivity index (χ0v) is 16.2. The predicted octanol–water partition coefficient (Wildman–Crippen LogP) is 5.11. The van der Waals surface area contributed by atoms with E-state index in [0.717, 1.165) is 24.0 Å². The maximum Gasteiger partial charge on any atom is 0.122 e. The summed E-state index contributed by atoms with van der Waals surface area (Å²) in [5.74, 6) is 1.42. The van der Waals surface area contributed by atoms with E-state index < -0.39 is 6.10 Å². The van der Waals surface area contributed by atoms with Gasteiger partial charge in [0.25, 0.3) is 0 Å². The van der Waals surface area contributed by atoms with Crippen molar-refractivity contribution < 1.29 is 15.3 Å². The van der Waals surface area contributed by atoms with Crippen LogP contribution in [0, 0.1) is 24.2 Å². The van der Waals surface area contributed by atoms with Gasteiger partial charge in [-0.2, -0.15) is 0 Å². The highest BCUT2D eigenvalue weighted by molar-refractivity contribution is 5.47. The topological polar surface area (TPSA) is 60.7 Å². The first-order valence-electron chi connectivity index (χ1n) is 9.49. The molecule has 3 N–H and O–H groups in total. The second-order valence-corrected chi connectivity index (χ2v) is 8.66. The highest BCUT2D eigenvalue weighted by Crippen LogP contribution is 2.46. The van der Waals surface area contributed by atoms with E-state index in [1.807, 2.05) is 6.92 Å². The lowest BCUT2D eigenvalue weighted by Crippen LogP contribution is -2.33. The number of hydrogen-bond acceptors (Lipinski definition) is 3. The van der Waals surface area contributed by atoms with Gasteiger partial charge in [-0.25, -0.2) is 0 Å². The zero-order chi connectivity index (χ0) is 18.8. The van der Waals surface area contributed by atoms with Gasteiger partial charge < -0.3 is 15.3 Å². The Morgan fingerprint density at radius 1 is 1.28 bits per heavy atom. The van der Waals surface area contributed by atoms with Crippen LogP contribution in [0.4, 0.5) is 0 Å². The Hall–Kier alpha value is -1.48. The van der Waals surface area contributed by atoms with E-state index in [2.05, 4.69) is 27.4 Å². The summed E-state index contributed by atoms with van der Waals surface area (Å²) in [4.78, 5) is 0. The molecule has 0 aromatic heterocycles. The molecule has 3 nitrogen and oxygen atoms in total. The molecule has 0 spiro atoms. The number of hydrogen-bond donors (Lipinski definition) is 3. The molecule has 1 aliphatic carbocycles. The molecule has 0 amide bonds. The Labute approximate surface area is 152 Å². The Kier molecular flexibility index (Phi) is 6.21. The zero-order valence-electron chi connectivity index (χ0n) is 16.2. The smallest absolute Gasteiger partial charge is 0.122 e. The Morgan fingerprint density at radius 3 is 2.44 bits per heavy atom. The Bertz CT molecular complexity index is 595. The minimum absolute atomic E-state index is 0.0337. The fraction of sp³-hybridized carbons (Fsp3) is 0.636. The molecule has 2 rings (SSSR count). The van der Waals surface area contributed by atoms with E-state index in [1.54, 1.807) is 12.1 Å². The average Bonchev–Trinajstić information content (AvgIpc) is 2.49. The van der Waals surface area contributed by atoms with Crippen LogP contribution in [-0.4, -0.2) is 21.4 Å². The normalized spacial score (nSPS) is 24.0. The average molecular weight is 347 g/mol.